The van der Waals surface area contributed by atoms with Gasteiger partial charge in [0.2, 0.25) is 0 Å². The van der Waals surface area contributed by atoms with Crippen LogP contribution in [0, 0.1) is 0 Å². The number of fused-ring (bicyclic) bond motifs is 6. The highest BCUT2D eigenvalue weighted by molar-refractivity contribution is 6.16. The fourth-order valence-electron chi connectivity index (χ4n) is 5.35. The highest BCUT2D eigenvalue weighted by Gasteiger charge is 2.14. The molecule has 0 radical (unpaired) electrons. The van der Waals surface area contributed by atoms with Crippen LogP contribution in [0.4, 0.5) is 0 Å². The molecule has 0 saturated carbocycles. The van der Waals surface area contributed by atoms with Gasteiger partial charge in [0, 0.05) is 27.5 Å². The molecule has 0 N–H and O–H groups in total. The van der Waals surface area contributed by atoms with E-state index < -0.39 is 0 Å². The average Bonchev–Trinajstić information content (AvgIpc) is 3.38. The number of hydrogen-bond donors (Lipinski definition) is 0. The Balaban J connectivity index is 1.37. The predicted octanol–water partition coefficient (Wildman–Crippen LogP) is 9.08. The van der Waals surface area contributed by atoms with Crippen molar-refractivity contribution in [2.45, 2.75) is 0 Å². The Morgan fingerprint density at radius 2 is 0.923 bits per heavy atom. The van der Waals surface area contributed by atoms with Crippen LogP contribution in [0.1, 0.15) is 0 Å². The normalized spacial score (nSPS) is 11.6. The Hall–Kier alpha value is -5.35. The molecule has 182 valence electrons. The SMILES string of the molecule is c1ccc(-c2nc(-c3ccccc3)nc(-c3ccc4ccc5cc6oc7ccccc7c6cc5c4c3)n2)cc1. The highest BCUT2D eigenvalue weighted by Crippen LogP contribution is 2.36. The maximum absolute atomic E-state index is 6.15. The van der Waals surface area contributed by atoms with Crippen molar-refractivity contribution in [2.75, 3.05) is 0 Å². The molecule has 0 aliphatic carbocycles. The molecule has 2 heterocycles. The quantitative estimate of drug-likeness (QED) is 0.228. The van der Waals surface area contributed by atoms with Crippen LogP contribution >= 0.6 is 0 Å². The van der Waals surface area contributed by atoms with Crippen LogP contribution in [-0.4, -0.2) is 15.0 Å². The lowest BCUT2D eigenvalue weighted by Gasteiger charge is -2.10. The monoisotopic (exact) mass is 499 g/mol. The Kier molecular flexibility index (Phi) is 4.79. The molecule has 0 fully saturated rings. The first kappa shape index (κ1) is 21.7. The molecule has 0 unspecified atom stereocenters. The smallest absolute Gasteiger partial charge is 0.164 e. The lowest BCUT2D eigenvalue weighted by Crippen LogP contribution is -2.00. The van der Waals surface area contributed by atoms with Gasteiger partial charge < -0.3 is 4.42 Å². The average molecular weight is 500 g/mol. The van der Waals surface area contributed by atoms with Gasteiger partial charge in [0.1, 0.15) is 11.2 Å². The first-order valence-electron chi connectivity index (χ1n) is 13.0. The fourth-order valence-corrected chi connectivity index (χ4v) is 5.35. The van der Waals surface area contributed by atoms with Crippen molar-refractivity contribution >= 4 is 43.5 Å². The third-order valence-corrected chi connectivity index (χ3v) is 7.29. The van der Waals surface area contributed by atoms with E-state index in [-0.39, 0.29) is 0 Å². The minimum atomic E-state index is 0.649. The lowest BCUT2D eigenvalue weighted by molar-refractivity contribution is 0.669. The minimum absolute atomic E-state index is 0.649. The number of furan rings is 1. The van der Waals surface area contributed by atoms with Crippen LogP contribution < -0.4 is 0 Å². The molecule has 0 spiro atoms. The van der Waals surface area contributed by atoms with Gasteiger partial charge in [-0.2, -0.15) is 0 Å². The van der Waals surface area contributed by atoms with Gasteiger partial charge in [0.05, 0.1) is 0 Å². The summed E-state index contributed by atoms with van der Waals surface area (Å²) in [5.74, 6) is 1.96. The van der Waals surface area contributed by atoms with Crippen molar-refractivity contribution in [2.24, 2.45) is 0 Å². The van der Waals surface area contributed by atoms with Crippen LogP contribution in [0.5, 0.6) is 0 Å². The number of nitrogens with zero attached hydrogens (tertiary/aromatic N) is 3. The van der Waals surface area contributed by atoms with E-state index in [1.807, 2.05) is 72.8 Å². The number of aromatic nitrogens is 3. The Labute approximate surface area is 224 Å². The molecule has 6 aromatic carbocycles. The van der Waals surface area contributed by atoms with E-state index in [2.05, 4.69) is 54.6 Å². The summed E-state index contributed by atoms with van der Waals surface area (Å²) in [4.78, 5) is 14.7. The second-order valence-electron chi connectivity index (χ2n) is 9.71. The van der Waals surface area contributed by atoms with Gasteiger partial charge >= 0.3 is 0 Å². The van der Waals surface area contributed by atoms with E-state index in [9.17, 15) is 0 Å². The summed E-state index contributed by atoms with van der Waals surface area (Å²) in [7, 11) is 0. The first-order chi connectivity index (χ1) is 19.3. The van der Waals surface area contributed by atoms with Crippen molar-refractivity contribution in [3.8, 4) is 34.2 Å². The van der Waals surface area contributed by atoms with Gasteiger partial charge in [0.25, 0.3) is 0 Å². The number of rotatable bonds is 3. The summed E-state index contributed by atoms with van der Waals surface area (Å²) in [5.41, 5.74) is 4.66. The molecule has 39 heavy (non-hydrogen) atoms. The van der Waals surface area contributed by atoms with Crippen LogP contribution in [0.2, 0.25) is 0 Å². The van der Waals surface area contributed by atoms with Crippen molar-refractivity contribution in [1.82, 2.24) is 15.0 Å². The molecule has 0 amide bonds. The predicted molar refractivity (Wildman–Crippen MR) is 158 cm³/mol. The zero-order valence-electron chi connectivity index (χ0n) is 20.9. The van der Waals surface area contributed by atoms with Gasteiger partial charge in [-0.05, 0) is 45.8 Å². The van der Waals surface area contributed by atoms with Crippen LogP contribution in [0.3, 0.4) is 0 Å². The first-order valence-corrected chi connectivity index (χ1v) is 13.0. The summed E-state index contributed by atoms with van der Waals surface area (Å²) in [6.45, 7) is 0. The van der Waals surface area contributed by atoms with Crippen molar-refractivity contribution in [3.05, 3.63) is 127 Å². The minimum Gasteiger partial charge on any atom is -0.456 e. The Morgan fingerprint density at radius 3 is 1.64 bits per heavy atom. The van der Waals surface area contributed by atoms with Crippen molar-refractivity contribution in [1.29, 1.82) is 0 Å². The number of hydrogen-bond acceptors (Lipinski definition) is 4. The molecule has 0 aliphatic rings. The van der Waals surface area contributed by atoms with Gasteiger partial charge in [-0.3, -0.25) is 0 Å². The van der Waals surface area contributed by atoms with Crippen LogP contribution in [-0.2, 0) is 0 Å². The molecule has 0 bridgehead atoms. The van der Waals surface area contributed by atoms with Gasteiger partial charge in [-0.15, -0.1) is 0 Å². The second kappa shape index (κ2) is 8.61. The summed E-state index contributed by atoms with van der Waals surface area (Å²) in [6, 6.07) is 43.5. The van der Waals surface area contributed by atoms with E-state index in [0.29, 0.717) is 17.5 Å². The molecule has 0 saturated heterocycles. The van der Waals surface area contributed by atoms with E-state index in [0.717, 1.165) is 49.4 Å². The zero-order valence-corrected chi connectivity index (χ0v) is 20.9. The largest absolute Gasteiger partial charge is 0.456 e. The van der Waals surface area contributed by atoms with Crippen molar-refractivity contribution < 1.29 is 4.42 Å². The number of para-hydroxylation sites is 1. The van der Waals surface area contributed by atoms with E-state index in [1.165, 1.54) is 10.8 Å². The standard InChI is InChI=1S/C35H21N3O/c1-3-9-23(10-4-1)33-36-34(24-11-5-2-6-12-24)38-35(37-33)26-18-16-22-15-17-25-20-32-30(21-29(25)28(22)19-26)27-13-7-8-14-31(27)39-32/h1-21H. The molecule has 0 atom stereocenters. The Morgan fingerprint density at radius 1 is 0.359 bits per heavy atom. The molecule has 0 aliphatic heterocycles. The molecule has 4 nitrogen and oxygen atoms in total. The molecule has 8 rings (SSSR count). The van der Waals surface area contributed by atoms with Crippen molar-refractivity contribution in [3.63, 3.8) is 0 Å². The van der Waals surface area contributed by atoms with Crippen LogP contribution in [0.15, 0.2) is 132 Å². The van der Waals surface area contributed by atoms with Crippen LogP contribution in [0.25, 0.3) is 77.6 Å². The lowest BCUT2D eigenvalue weighted by atomic mass is 9.98. The van der Waals surface area contributed by atoms with Gasteiger partial charge in [-0.1, -0.05) is 103 Å². The van der Waals surface area contributed by atoms with E-state index >= 15 is 0 Å². The van der Waals surface area contributed by atoms with Gasteiger partial charge in [-0.25, -0.2) is 15.0 Å². The Bertz CT molecular complexity index is 2110. The zero-order chi connectivity index (χ0) is 25.8. The summed E-state index contributed by atoms with van der Waals surface area (Å²) in [6.07, 6.45) is 0. The molecule has 4 heteroatoms. The maximum atomic E-state index is 6.15. The summed E-state index contributed by atoms with van der Waals surface area (Å²) in [5, 5.41) is 6.87. The highest BCUT2D eigenvalue weighted by atomic mass is 16.3. The maximum Gasteiger partial charge on any atom is 0.164 e. The third-order valence-electron chi connectivity index (χ3n) is 7.29. The fraction of sp³-hybridized carbons (Fsp3) is 0. The molecular formula is C35H21N3O. The number of benzene rings is 6. The third kappa shape index (κ3) is 3.65. The summed E-state index contributed by atoms with van der Waals surface area (Å²) < 4.78 is 6.15. The van der Waals surface area contributed by atoms with E-state index in [1.54, 1.807) is 0 Å². The van der Waals surface area contributed by atoms with E-state index in [4.69, 9.17) is 19.4 Å². The topological polar surface area (TPSA) is 51.8 Å². The molecular weight excluding hydrogens is 478 g/mol. The molecule has 2 aromatic heterocycles. The second-order valence-corrected chi connectivity index (χ2v) is 9.71. The summed E-state index contributed by atoms with van der Waals surface area (Å²) >= 11 is 0. The molecule has 8 aromatic rings. The van der Waals surface area contributed by atoms with Gasteiger partial charge in [0.15, 0.2) is 17.5 Å².